The molecule has 96 valence electrons. The maximum atomic E-state index is 11.5. The van der Waals surface area contributed by atoms with Gasteiger partial charge in [-0.15, -0.1) is 0 Å². The average molecular weight is 268 g/mol. The summed E-state index contributed by atoms with van der Waals surface area (Å²) >= 11 is 0. The molecule has 1 fully saturated rings. The van der Waals surface area contributed by atoms with Gasteiger partial charge >= 0.3 is 5.69 Å². The highest BCUT2D eigenvalue weighted by atomic mass is 32.2. The standard InChI is InChI=1S/C10H12N4O3S/c1-13-8-5-12-14(9(8)4-11-10(13)15)7-2-3-18(16,17)6-7/h4-5,7H,2-3,6H2,1H3. The van der Waals surface area contributed by atoms with Gasteiger partial charge in [0.2, 0.25) is 0 Å². The molecule has 0 saturated carbocycles. The van der Waals surface area contributed by atoms with Crippen LogP contribution < -0.4 is 5.69 Å². The van der Waals surface area contributed by atoms with Crippen LogP contribution in [0.25, 0.3) is 11.0 Å². The van der Waals surface area contributed by atoms with E-state index in [0.29, 0.717) is 17.5 Å². The van der Waals surface area contributed by atoms with Gasteiger partial charge in [0.25, 0.3) is 0 Å². The van der Waals surface area contributed by atoms with E-state index in [1.165, 1.54) is 10.8 Å². The number of rotatable bonds is 1. The van der Waals surface area contributed by atoms with E-state index in [9.17, 15) is 13.2 Å². The van der Waals surface area contributed by atoms with E-state index in [4.69, 9.17) is 0 Å². The Labute approximate surface area is 103 Å². The molecule has 8 heteroatoms. The molecule has 2 aromatic heterocycles. The third-order valence-electron chi connectivity index (χ3n) is 3.31. The minimum Gasteiger partial charge on any atom is -0.292 e. The fraction of sp³-hybridized carbons (Fsp3) is 0.500. The molecule has 0 aliphatic carbocycles. The van der Waals surface area contributed by atoms with Crippen molar-refractivity contribution in [1.29, 1.82) is 0 Å². The normalized spacial score (nSPS) is 22.6. The fourth-order valence-corrected chi connectivity index (χ4v) is 4.00. The second-order valence-corrected chi connectivity index (χ2v) is 6.74. The van der Waals surface area contributed by atoms with Gasteiger partial charge in [0.15, 0.2) is 9.84 Å². The number of aromatic nitrogens is 4. The zero-order chi connectivity index (χ0) is 12.9. The van der Waals surface area contributed by atoms with Crippen molar-refractivity contribution in [1.82, 2.24) is 19.3 Å². The number of sulfone groups is 1. The predicted molar refractivity (Wildman–Crippen MR) is 65.1 cm³/mol. The topological polar surface area (TPSA) is 86.8 Å². The van der Waals surface area contributed by atoms with Gasteiger partial charge in [-0.05, 0) is 6.42 Å². The Morgan fingerprint density at radius 1 is 1.33 bits per heavy atom. The van der Waals surface area contributed by atoms with E-state index in [1.807, 2.05) is 0 Å². The van der Waals surface area contributed by atoms with Crippen molar-refractivity contribution >= 4 is 20.9 Å². The Balaban J connectivity index is 2.15. The highest BCUT2D eigenvalue weighted by Gasteiger charge is 2.30. The molecule has 0 N–H and O–H groups in total. The molecule has 7 nitrogen and oxygen atoms in total. The van der Waals surface area contributed by atoms with Crippen molar-refractivity contribution in [2.24, 2.45) is 7.05 Å². The van der Waals surface area contributed by atoms with E-state index < -0.39 is 9.84 Å². The molecule has 0 aromatic carbocycles. The maximum Gasteiger partial charge on any atom is 0.347 e. The van der Waals surface area contributed by atoms with E-state index in [1.54, 1.807) is 17.9 Å². The van der Waals surface area contributed by atoms with Crippen LogP contribution in [0.5, 0.6) is 0 Å². The zero-order valence-corrected chi connectivity index (χ0v) is 10.6. The van der Waals surface area contributed by atoms with Crippen LogP contribution in [0.3, 0.4) is 0 Å². The van der Waals surface area contributed by atoms with Gasteiger partial charge in [0.1, 0.15) is 5.52 Å². The van der Waals surface area contributed by atoms with E-state index in [-0.39, 0.29) is 23.2 Å². The Morgan fingerprint density at radius 3 is 2.78 bits per heavy atom. The SMILES string of the molecule is Cn1c(=O)ncc2c1cnn2C1CCS(=O)(=O)C1. The second-order valence-electron chi connectivity index (χ2n) is 4.52. The molecule has 0 bridgehead atoms. The number of hydrogen-bond donors (Lipinski definition) is 0. The summed E-state index contributed by atoms with van der Waals surface area (Å²) in [6.07, 6.45) is 3.58. The molecule has 0 spiro atoms. The molecule has 1 saturated heterocycles. The van der Waals surface area contributed by atoms with Gasteiger partial charge in [-0.25, -0.2) is 13.2 Å². The Hall–Kier alpha value is -1.70. The van der Waals surface area contributed by atoms with Crippen molar-refractivity contribution in [2.75, 3.05) is 11.5 Å². The van der Waals surface area contributed by atoms with Gasteiger partial charge in [-0.3, -0.25) is 9.25 Å². The monoisotopic (exact) mass is 268 g/mol. The summed E-state index contributed by atoms with van der Waals surface area (Å²) in [5.74, 6) is 0.296. The van der Waals surface area contributed by atoms with Crippen LogP contribution in [0.4, 0.5) is 0 Å². The van der Waals surface area contributed by atoms with E-state index in [0.717, 1.165) is 0 Å². The molecule has 3 heterocycles. The third kappa shape index (κ3) is 1.64. The van der Waals surface area contributed by atoms with E-state index >= 15 is 0 Å². The van der Waals surface area contributed by atoms with E-state index in [2.05, 4.69) is 10.1 Å². The first kappa shape index (κ1) is 11.4. The van der Waals surface area contributed by atoms with Gasteiger partial charge in [0, 0.05) is 7.05 Å². The van der Waals surface area contributed by atoms with Crippen LogP contribution in [0.15, 0.2) is 17.2 Å². The molecule has 1 aliphatic rings. The first-order chi connectivity index (χ1) is 8.48. The quantitative estimate of drug-likeness (QED) is 0.695. The summed E-state index contributed by atoms with van der Waals surface area (Å²) < 4.78 is 26.0. The second kappa shape index (κ2) is 3.64. The number of aryl methyl sites for hydroxylation is 1. The highest BCUT2D eigenvalue weighted by Crippen LogP contribution is 2.25. The number of nitrogens with zero attached hydrogens (tertiary/aromatic N) is 4. The van der Waals surface area contributed by atoms with Crippen LogP contribution in [-0.4, -0.2) is 39.3 Å². The summed E-state index contributed by atoms with van der Waals surface area (Å²) in [6, 6.07) is -0.160. The largest absolute Gasteiger partial charge is 0.347 e. The molecular weight excluding hydrogens is 256 g/mol. The first-order valence-corrected chi connectivity index (χ1v) is 7.40. The predicted octanol–water partition coefficient (Wildman–Crippen LogP) is -0.510. The summed E-state index contributed by atoms with van der Waals surface area (Å²) in [4.78, 5) is 15.1. The molecule has 1 atom stereocenters. The molecule has 3 rings (SSSR count). The molecule has 0 amide bonds. The molecule has 1 aliphatic heterocycles. The molecule has 1 unspecified atom stereocenters. The lowest BCUT2D eigenvalue weighted by atomic mass is 10.2. The number of fused-ring (bicyclic) bond motifs is 1. The number of hydrogen-bond acceptors (Lipinski definition) is 5. The van der Waals surface area contributed by atoms with Gasteiger partial charge in [0.05, 0.1) is 35.5 Å². The van der Waals surface area contributed by atoms with Crippen LogP contribution in [0, 0.1) is 0 Å². The maximum absolute atomic E-state index is 11.5. The molecule has 2 aromatic rings. The lowest BCUT2D eigenvalue weighted by Gasteiger charge is -2.09. The Morgan fingerprint density at radius 2 is 2.11 bits per heavy atom. The summed E-state index contributed by atoms with van der Waals surface area (Å²) in [6.45, 7) is 0. The average Bonchev–Trinajstić information content (AvgIpc) is 2.87. The van der Waals surface area contributed by atoms with Crippen LogP contribution in [0.1, 0.15) is 12.5 Å². The Kier molecular flexibility index (Phi) is 2.31. The first-order valence-electron chi connectivity index (χ1n) is 5.57. The smallest absolute Gasteiger partial charge is 0.292 e. The van der Waals surface area contributed by atoms with Gasteiger partial charge < -0.3 is 0 Å². The van der Waals surface area contributed by atoms with Crippen LogP contribution in [0.2, 0.25) is 0 Å². The van der Waals surface area contributed by atoms with Crippen molar-refractivity contribution in [2.45, 2.75) is 12.5 Å². The Bertz CT molecular complexity index is 774. The minimum absolute atomic E-state index is 0.104. The lowest BCUT2D eigenvalue weighted by Crippen LogP contribution is -2.20. The molecule has 18 heavy (non-hydrogen) atoms. The van der Waals surface area contributed by atoms with Crippen molar-refractivity contribution in [3.05, 3.63) is 22.9 Å². The molecular formula is C10H12N4O3S. The summed E-state index contributed by atoms with van der Waals surface area (Å²) in [7, 11) is -1.34. The highest BCUT2D eigenvalue weighted by molar-refractivity contribution is 7.91. The van der Waals surface area contributed by atoms with Crippen molar-refractivity contribution in [3.8, 4) is 0 Å². The molecule has 0 radical (unpaired) electrons. The minimum atomic E-state index is -2.96. The van der Waals surface area contributed by atoms with Crippen LogP contribution in [-0.2, 0) is 16.9 Å². The lowest BCUT2D eigenvalue weighted by molar-refractivity contribution is 0.515. The third-order valence-corrected chi connectivity index (χ3v) is 5.06. The van der Waals surface area contributed by atoms with Gasteiger partial charge in [-0.2, -0.15) is 10.1 Å². The van der Waals surface area contributed by atoms with Crippen molar-refractivity contribution < 1.29 is 8.42 Å². The van der Waals surface area contributed by atoms with Crippen molar-refractivity contribution in [3.63, 3.8) is 0 Å². The van der Waals surface area contributed by atoms with Crippen LogP contribution >= 0.6 is 0 Å². The fourth-order valence-electron chi connectivity index (χ4n) is 2.31. The van der Waals surface area contributed by atoms with Gasteiger partial charge in [-0.1, -0.05) is 0 Å². The summed E-state index contributed by atoms with van der Waals surface area (Å²) in [5, 5.41) is 4.20. The zero-order valence-electron chi connectivity index (χ0n) is 9.78. The summed E-state index contributed by atoms with van der Waals surface area (Å²) in [5.41, 5.74) is 1.01.